The lowest BCUT2D eigenvalue weighted by atomic mass is 9.87. The second-order valence-electron chi connectivity index (χ2n) is 10.6. The minimum atomic E-state index is -5.88. The van der Waals surface area contributed by atoms with Crippen LogP contribution in [0.25, 0.3) is 33.4 Å². The lowest BCUT2D eigenvalue weighted by Gasteiger charge is -2.23. The van der Waals surface area contributed by atoms with Gasteiger partial charge in [0.1, 0.15) is 46.9 Å². The summed E-state index contributed by atoms with van der Waals surface area (Å²) < 4.78 is 127. The van der Waals surface area contributed by atoms with Gasteiger partial charge in [0.05, 0.1) is 68.8 Å². The molecule has 0 aromatic heterocycles. The Hall–Kier alpha value is -8.42. The van der Waals surface area contributed by atoms with Gasteiger partial charge in [-0.2, -0.15) is 42.1 Å². The normalized spacial score (nSPS) is 14.8. The van der Waals surface area contributed by atoms with Gasteiger partial charge in [0, 0.05) is 22.3 Å². The first-order valence-corrected chi connectivity index (χ1v) is 14.1. The fourth-order valence-corrected chi connectivity index (χ4v) is 5.79. The number of benzene rings is 3. The Morgan fingerprint density at radius 2 is 0.741 bits per heavy atom. The van der Waals surface area contributed by atoms with E-state index in [4.69, 9.17) is 0 Å². The zero-order valence-corrected chi connectivity index (χ0v) is 25.9. The lowest BCUT2D eigenvalue weighted by molar-refractivity contribution is -0.277. The Morgan fingerprint density at radius 1 is 0.444 bits per heavy atom. The molecule has 0 heterocycles. The number of nitriles is 8. The molecule has 0 atom stereocenters. The Kier molecular flexibility index (Phi) is 9.12. The lowest BCUT2D eigenvalue weighted by Crippen LogP contribution is -2.22. The van der Waals surface area contributed by atoms with Crippen LogP contribution in [0.2, 0.25) is 0 Å². The summed E-state index contributed by atoms with van der Waals surface area (Å²) in [7, 11) is 0. The average molecular weight is 734 g/mol. The number of rotatable bonds is 4. The van der Waals surface area contributed by atoms with Crippen LogP contribution in [-0.2, 0) is 0 Å². The fourth-order valence-electron chi connectivity index (χ4n) is 5.79. The van der Waals surface area contributed by atoms with E-state index in [1.165, 1.54) is 24.3 Å². The van der Waals surface area contributed by atoms with Gasteiger partial charge in [-0.15, -0.1) is 26.3 Å². The minimum Gasteiger partial charge on any atom is -0.404 e. The van der Waals surface area contributed by atoms with Crippen molar-refractivity contribution < 1.29 is 44.6 Å². The first kappa shape index (κ1) is 36.9. The second-order valence-corrected chi connectivity index (χ2v) is 10.6. The fraction of sp³-hybridized carbons (Fsp3) is 0.0556. The summed E-state index contributed by atoms with van der Waals surface area (Å²) in [6.07, 6.45) is -11.8. The highest BCUT2D eigenvalue weighted by atomic mass is 19.4. The largest absolute Gasteiger partial charge is 0.573 e. The first-order chi connectivity index (χ1) is 25.5. The summed E-state index contributed by atoms with van der Waals surface area (Å²) in [5.74, 6) is -7.52. The van der Waals surface area contributed by atoms with E-state index < -0.39 is 103 Å². The molecule has 0 N–H and O–H groups in total. The molecule has 2 aliphatic carbocycles. The van der Waals surface area contributed by atoms with Gasteiger partial charge in [0.2, 0.25) is 0 Å². The highest BCUT2D eigenvalue weighted by Gasteiger charge is 2.49. The van der Waals surface area contributed by atoms with Crippen LogP contribution in [-0.4, -0.2) is 12.7 Å². The van der Waals surface area contributed by atoms with Crippen molar-refractivity contribution in [2.75, 3.05) is 0 Å². The van der Waals surface area contributed by atoms with Crippen LogP contribution in [0.3, 0.4) is 0 Å². The van der Waals surface area contributed by atoms with E-state index in [1.54, 1.807) is 24.3 Å². The highest BCUT2D eigenvalue weighted by molar-refractivity contribution is 6.21. The molecule has 0 unspecified atom stereocenters. The van der Waals surface area contributed by atoms with Crippen molar-refractivity contribution >= 4 is 33.4 Å². The molecule has 0 saturated carbocycles. The minimum absolute atomic E-state index is 0.349. The van der Waals surface area contributed by atoms with Gasteiger partial charge < -0.3 is 9.47 Å². The topological polar surface area (TPSA) is 209 Å². The maximum Gasteiger partial charge on any atom is 0.573 e. The van der Waals surface area contributed by atoms with Crippen LogP contribution >= 0.6 is 0 Å². The Bertz CT molecular complexity index is 2500. The molecule has 3 aromatic rings. The number of nitrogens with zero attached hydrogens (tertiary/aromatic N) is 8. The summed E-state index contributed by atoms with van der Waals surface area (Å²) in [6, 6.07) is 17.2. The number of halogens is 8. The Labute approximate surface area is 296 Å². The summed E-state index contributed by atoms with van der Waals surface area (Å²) in [5.41, 5.74) is -16.3. The first-order valence-electron chi connectivity index (χ1n) is 14.1. The van der Waals surface area contributed by atoms with Crippen molar-refractivity contribution in [3.8, 4) is 60.1 Å². The van der Waals surface area contributed by atoms with E-state index in [0.29, 0.717) is 0 Å². The summed E-state index contributed by atoms with van der Waals surface area (Å²) in [6.45, 7) is 0. The molecule has 258 valence electrons. The maximum atomic E-state index is 16.5. The third-order valence-corrected chi connectivity index (χ3v) is 7.63. The van der Waals surface area contributed by atoms with Crippen molar-refractivity contribution in [1.82, 2.24) is 0 Å². The van der Waals surface area contributed by atoms with Crippen LogP contribution < -0.4 is 9.47 Å². The molecular weight excluding hydrogens is 728 g/mol. The smallest absolute Gasteiger partial charge is 0.404 e. The van der Waals surface area contributed by atoms with Crippen LogP contribution in [0.1, 0.15) is 55.6 Å². The van der Waals surface area contributed by atoms with Crippen molar-refractivity contribution in [2.24, 2.45) is 0 Å². The molecule has 0 spiro atoms. The van der Waals surface area contributed by atoms with Gasteiger partial charge in [-0.25, -0.2) is 8.78 Å². The van der Waals surface area contributed by atoms with Gasteiger partial charge in [-0.05, 0) is 47.5 Å². The Balaban J connectivity index is 2.15. The molecule has 0 fully saturated rings. The predicted octanol–water partition coefficient (Wildman–Crippen LogP) is 8.27. The average Bonchev–Trinajstić information content (AvgIpc) is 3.59. The van der Waals surface area contributed by atoms with Crippen LogP contribution in [0, 0.1) is 90.6 Å². The van der Waals surface area contributed by atoms with Crippen molar-refractivity contribution in [1.29, 1.82) is 42.1 Å². The molecular formula is C36H6F8N8O2. The number of alkyl halides is 6. The molecule has 2 aliphatic rings. The molecule has 0 bridgehead atoms. The zero-order valence-electron chi connectivity index (χ0n) is 25.9. The molecule has 10 nitrogen and oxygen atoms in total. The van der Waals surface area contributed by atoms with Gasteiger partial charge in [0.25, 0.3) is 0 Å². The number of hydrogen-bond acceptors (Lipinski definition) is 10. The van der Waals surface area contributed by atoms with Crippen LogP contribution in [0.4, 0.5) is 35.1 Å². The van der Waals surface area contributed by atoms with E-state index in [-0.39, 0.29) is 22.3 Å². The van der Waals surface area contributed by atoms with Gasteiger partial charge in [-0.1, -0.05) is 0 Å². The van der Waals surface area contributed by atoms with Crippen molar-refractivity contribution in [2.45, 2.75) is 12.7 Å². The molecule has 0 amide bonds. The van der Waals surface area contributed by atoms with Crippen LogP contribution in [0.15, 0.2) is 48.1 Å². The zero-order chi connectivity index (χ0) is 39.9. The molecule has 5 rings (SSSR count). The van der Waals surface area contributed by atoms with Crippen molar-refractivity contribution in [3.05, 3.63) is 104 Å². The number of hydrogen-bond donors (Lipinski definition) is 0. The van der Waals surface area contributed by atoms with E-state index in [1.807, 2.05) is 0 Å². The third-order valence-electron chi connectivity index (χ3n) is 7.63. The summed E-state index contributed by atoms with van der Waals surface area (Å²) in [4.78, 5) is 0. The van der Waals surface area contributed by atoms with Crippen LogP contribution in [0.5, 0.6) is 11.5 Å². The van der Waals surface area contributed by atoms with E-state index in [0.717, 1.165) is 36.4 Å². The molecule has 0 saturated heterocycles. The molecule has 3 aromatic carbocycles. The van der Waals surface area contributed by atoms with E-state index >= 15 is 8.78 Å². The Morgan fingerprint density at radius 3 is 0.963 bits per heavy atom. The third kappa shape index (κ3) is 6.12. The highest BCUT2D eigenvalue weighted by Crippen LogP contribution is 2.62. The quantitative estimate of drug-likeness (QED) is 0.185. The monoisotopic (exact) mass is 734 g/mol. The standard InChI is InChI=1S/C36H6F8N8O2/c37-31-23(13-51)27-29(25(31)21(11-49)19-3-15(7-45)1-16(4-19)8-46)33(53-35(39,40)41)28-24(14-52)32(38)26(30(28)34(27)54-36(42,43)44)22(12-50)20-5-17(9-47)2-18(6-20)10-48/h1-6H/b25-21-,26-22-. The maximum absolute atomic E-state index is 16.5. The predicted molar refractivity (Wildman–Crippen MR) is 164 cm³/mol. The van der Waals surface area contributed by atoms with Gasteiger partial charge in [0.15, 0.2) is 11.7 Å². The van der Waals surface area contributed by atoms with E-state index in [9.17, 15) is 68.4 Å². The number of fused-ring (bicyclic) bond motifs is 2. The molecule has 54 heavy (non-hydrogen) atoms. The van der Waals surface area contributed by atoms with E-state index in [2.05, 4.69) is 9.47 Å². The SMILES string of the molecule is N#CC1=C(F)/C(=C(/C#N)c2cc(C#N)cc(C#N)c2)c2c(OC(F)(F)F)c3c(c(OC(F)(F)F)c21)/C(=C(\C#N)c1cc(C#N)cc(C#N)c1)C(F)=C3C#N. The number of ether oxygens (including phenoxy) is 2. The van der Waals surface area contributed by atoms with Gasteiger partial charge in [-0.3, -0.25) is 0 Å². The summed E-state index contributed by atoms with van der Waals surface area (Å²) >= 11 is 0. The number of allylic oxidation sites excluding steroid dienone is 8. The molecule has 18 heteroatoms. The van der Waals surface area contributed by atoms with Gasteiger partial charge >= 0.3 is 12.7 Å². The van der Waals surface area contributed by atoms with Crippen molar-refractivity contribution in [3.63, 3.8) is 0 Å². The second kappa shape index (κ2) is 13.4. The summed E-state index contributed by atoms with van der Waals surface area (Å²) in [5, 5.41) is 78.3. The molecule has 0 aliphatic heterocycles. The molecule has 0 radical (unpaired) electrons.